The Balaban J connectivity index is 1.19. The summed E-state index contributed by atoms with van der Waals surface area (Å²) >= 11 is 0. The molecule has 0 saturated carbocycles. The number of unbranched alkanes of at least 4 members (excludes halogenated alkanes) is 10. The molecule has 1 amide bonds. The van der Waals surface area contributed by atoms with E-state index in [1.54, 1.807) is 6.08 Å². The van der Waals surface area contributed by atoms with Crippen LogP contribution < -0.4 is 11.5 Å². The van der Waals surface area contributed by atoms with Gasteiger partial charge in [0.05, 0.1) is 18.2 Å². The van der Waals surface area contributed by atoms with Gasteiger partial charge >= 0.3 is 0 Å². The van der Waals surface area contributed by atoms with E-state index < -0.39 is 11.6 Å². The topological polar surface area (TPSA) is 129 Å². The van der Waals surface area contributed by atoms with Crippen molar-refractivity contribution in [1.29, 1.82) is 0 Å². The Labute approximate surface area is 246 Å². The van der Waals surface area contributed by atoms with Crippen molar-refractivity contribution in [3.8, 4) is 0 Å². The number of nitrogens with two attached hydrogens (primary N) is 2. The second-order valence-electron chi connectivity index (χ2n) is 12.6. The second-order valence-corrected chi connectivity index (χ2v) is 12.6. The lowest BCUT2D eigenvalue weighted by molar-refractivity contribution is -0.118. The summed E-state index contributed by atoms with van der Waals surface area (Å²) in [5.74, 6) is -0.0417. The van der Waals surface area contributed by atoms with Gasteiger partial charge in [0.1, 0.15) is 0 Å². The third kappa shape index (κ3) is 8.31. The van der Waals surface area contributed by atoms with E-state index in [2.05, 4.69) is 47.4 Å². The smallest absolute Gasteiger partial charge is 0.217 e. The first-order valence-electron chi connectivity index (χ1n) is 15.9. The van der Waals surface area contributed by atoms with E-state index in [0.29, 0.717) is 18.9 Å². The summed E-state index contributed by atoms with van der Waals surface area (Å²) in [6, 6.07) is 6.79. The predicted molar refractivity (Wildman–Crippen MR) is 168 cm³/mol. The van der Waals surface area contributed by atoms with E-state index >= 15 is 0 Å². The van der Waals surface area contributed by atoms with Crippen LogP contribution in [0.15, 0.2) is 42.6 Å². The average molecular weight is 565 g/mol. The Kier molecular flexibility index (Phi) is 11.6. The number of allylic oxidation sites excluding steroid dienone is 1. The van der Waals surface area contributed by atoms with Crippen LogP contribution in [0.3, 0.4) is 0 Å². The van der Waals surface area contributed by atoms with Crippen LogP contribution in [-0.4, -0.2) is 63.9 Å². The van der Waals surface area contributed by atoms with Gasteiger partial charge in [-0.25, -0.2) is 0 Å². The first kappa shape index (κ1) is 31.5. The molecule has 0 bridgehead atoms. The number of aliphatic hydroxyl groups is 2. The minimum absolute atomic E-state index is 0.150. The van der Waals surface area contributed by atoms with Crippen LogP contribution in [0, 0.1) is 5.92 Å². The number of fused-ring (bicyclic) bond motifs is 2. The maximum absolute atomic E-state index is 11.0. The van der Waals surface area contributed by atoms with Gasteiger partial charge in [0, 0.05) is 36.1 Å². The number of nitrogens with zero attached hydrogens (tertiary/aromatic N) is 1. The number of carbonyl (C=O) groups excluding carboxylic acids is 1. The quantitative estimate of drug-likeness (QED) is 0.126. The standard InChI is InChI=1S/C34H52N4O3/c1-38-23-25(19-28-27-15-14-16-29-33(27)26(22-37-29)20-30(28)38)21-34(36,24-39)31(40)17-12-10-8-6-4-2-3-5-7-9-11-13-18-32(35)41/h12,14-17,19,22,25,30-31,37,39-40H,2-11,13,18,20-21,23-24,36H2,1H3,(H2,35,41)/t25-,30+,31?,34?/m0/s1. The third-order valence-corrected chi connectivity index (χ3v) is 9.23. The molecule has 7 heteroatoms. The summed E-state index contributed by atoms with van der Waals surface area (Å²) in [7, 11) is 2.17. The lowest BCUT2D eigenvalue weighted by Crippen LogP contribution is -2.55. The highest BCUT2D eigenvalue weighted by Gasteiger charge is 2.38. The number of likely N-dealkylation sites (N-methyl/N-ethyl adjacent to an activating group) is 1. The maximum Gasteiger partial charge on any atom is 0.217 e. The molecule has 0 saturated heterocycles. The molecule has 1 aromatic carbocycles. The van der Waals surface area contributed by atoms with Crippen LogP contribution >= 0.6 is 0 Å². The zero-order valence-corrected chi connectivity index (χ0v) is 25.0. The molecule has 1 aliphatic heterocycles. The molecule has 7 nitrogen and oxygen atoms in total. The molecule has 0 spiro atoms. The second kappa shape index (κ2) is 15.1. The molecule has 2 aromatic rings. The van der Waals surface area contributed by atoms with E-state index in [1.165, 1.54) is 72.5 Å². The van der Waals surface area contributed by atoms with E-state index in [4.69, 9.17) is 11.5 Å². The number of benzene rings is 1. The number of hydrogen-bond donors (Lipinski definition) is 5. The van der Waals surface area contributed by atoms with Crippen LogP contribution in [0.5, 0.6) is 0 Å². The molecule has 0 radical (unpaired) electrons. The fraction of sp³-hybridized carbons (Fsp3) is 0.618. The van der Waals surface area contributed by atoms with Crippen molar-refractivity contribution in [3.05, 3.63) is 53.8 Å². The van der Waals surface area contributed by atoms with Gasteiger partial charge in [-0.05, 0) is 67.8 Å². The van der Waals surface area contributed by atoms with Crippen LogP contribution in [0.25, 0.3) is 16.5 Å². The summed E-state index contributed by atoms with van der Waals surface area (Å²) in [6.07, 6.45) is 22.2. The molecule has 226 valence electrons. The van der Waals surface area contributed by atoms with Gasteiger partial charge in [-0.1, -0.05) is 81.7 Å². The number of nitrogens with one attached hydrogen (secondary N) is 1. The van der Waals surface area contributed by atoms with Gasteiger partial charge in [-0.15, -0.1) is 0 Å². The van der Waals surface area contributed by atoms with E-state index in [1.807, 2.05) is 6.08 Å². The highest BCUT2D eigenvalue weighted by molar-refractivity contribution is 5.98. The molecule has 0 fully saturated rings. The normalized spacial score (nSPS) is 21.1. The van der Waals surface area contributed by atoms with E-state index in [0.717, 1.165) is 38.6 Å². The van der Waals surface area contributed by atoms with Crippen molar-refractivity contribution in [2.45, 2.75) is 108 Å². The van der Waals surface area contributed by atoms with Crippen molar-refractivity contribution < 1.29 is 15.0 Å². The van der Waals surface area contributed by atoms with Crippen molar-refractivity contribution in [1.82, 2.24) is 9.88 Å². The Morgan fingerprint density at radius 2 is 1.80 bits per heavy atom. The zero-order valence-electron chi connectivity index (χ0n) is 25.0. The molecule has 1 aromatic heterocycles. The van der Waals surface area contributed by atoms with Crippen molar-refractivity contribution >= 4 is 22.4 Å². The minimum atomic E-state index is -1.08. The molecule has 2 heterocycles. The number of aromatic nitrogens is 1. The molecule has 4 rings (SSSR count). The number of primary amides is 1. The van der Waals surface area contributed by atoms with Crippen LogP contribution in [0.1, 0.15) is 94.6 Å². The molecule has 7 N–H and O–H groups in total. The van der Waals surface area contributed by atoms with Crippen LogP contribution in [0.2, 0.25) is 0 Å². The fourth-order valence-corrected chi connectivity index (χ4v) is 6.84. The monoisotopic (exact) mass is 564 g/mol. The van der Waals surface area contributed by atoms with Gasteiger partial charge in [0.25, 0.3) is 0 Å². The van der Waals surface area contributed by atoms with E-state index in [9.17, 15) is 15.0 Å². The SMILES string of the molecule is CN1C[C@H](CC(N)(CO)C(O)C=CCCCCCCCCCCCCC(N)=O)C=C2c3cccc4[nH]cc(c34)C[C@H]21. The lowest BCUT2D eigenvalue weighted by Gasteiger charge is -2.42. The maximum atomic E-state index is 11.0. The van der Waals surface area contributed by atoms with Crippen molar-refractivity contribution in [2.75, 3.05) is 20.2 Å². The van der Waals surface area contributed by atoms with Crippen molar-refractivity contribution in [2.24, 2.45) is 17.4 Å². The summed E-state index contributed by atoms with van der Waals surface area (Å²) in [4.78, 5) is 16.6. The summed E-state index contributed by atoms with van der Waals surface area (Å²) in [5, 5.41) is 22.6. The molecule has 2 unspecified atom stereocenters. The van der Waals surface area contributed by atoms with Gasteiger partial charge < -0.3 is 26.7 Å². The number of amides is 1. The predicted octanol–water partition coefficient (Wildman–Crippen LogP) is 5.20. The highest BCUT2D eigenvalue weighted by Crippen LogP contribution is 2.41. The summed E-state index contributed by atoms with van der Waals surface area (Å²) < 4.78 is 0. The minimum Gasteiger partial charge on any atom is -0.394 e. The summed E-state index contributed by atoms with van der Waals surface area (Å²) in [6.45, 7) is 0.600. The number of rotatable bonds is 18. The molecule has 4 atom stereocenters. The highest BCUT2D eigenvalue weighted by atomic mass is 16.3. The van der Waals surface area contributed by atoms with Gasteiger partial charge in [-0.2, -0.15) is 0 Å². The Morgan fingerprint density at radius 3 is 2.49 bits per heavy atom. The number of aromatic amines is 1. The Hall–Kier alpha value is -2.45. The third-order valence-electron chi connectivity index (χ3n) is 9.23. The number of aliphatic hydroxyl groups excluding tert-OH is 2. The number of H-pyrrole nitrogens is 1. The summed E-state index contributed by atoms with van der Waals surface area (Å²) in [5.41, 5.74) is 15.9. The molecule has 2 aliphatic rings. The molecular weight excluding hydrogens is 512 g/mol. The van der Waals surface area contributed by atoms with Crippen molar-refractivity contribution in [3.63, 3.8) is 0 Å². The first-order chi connectivity index (χ1) is 19.8. The van der Waals surface area contributed by atoms with Crippen LogP contribution in [0.4, 0.5) is 0 Å². The molecule has 41 heavy (non-hydrogen) atoms. The first-order valence-corrected chi connectivity index (χ1v) is 15.9. The van der Waals surface area contributed by atoms with Gasteiger partial charge in [0.2, 0.25) is 5.91 Å². The zero-order chi connectivity index (χ0) is 29.2. The van der Waals surface area contributed by atoms with Crippen LogP contribution in [-0.2, 0) is 11.2 Å². The van der Waals surface area contributed by atoms with Gasteiger partial charge in [-0.3, -0.25) is 9.69 Å². The Morgan fingerprint density at radius 1 is 1.12 bits per heavy atom. The largest absolute Gasteiger partial charge is 0.394 e. The molecule has 1 aliphatic carbocycles. The Bertz CT molecular complexity index is 1190. The number of hydrogen-bond acceptors (Lipinski definition) is 5. The number of carbonyl (C=O) groups is 1. The van der Waals surface area contributed by atoms with E-state index in [-0.39, 0.29) is 18.4 Å². The van der Waals surface area contributed by atoms with Gasteiger partial charge in [0.15, 0.2) is 0 Å². The fourth-order valence-electron chi connectivity index (χ4n) is 6.84. The lowest BCUT2D eigenvalue weighted by atomic mass is 9.76. The molecular formula is C34H52N4O3. The average Bonchev–Trinajstić information content (AvgIpc) is 3.37.